The molecule has 2 aliphatic rings. The van der Waals surface area contributed by atoms with Crippen LogP contribution in [0.25, 0.3) is 10.9 Å². The summed E-state index contributed by atoms with van der Waals surface area (Å²) in [6, 6.07) is 15.8. The number of hydrogen-bond donors (Lipinski definition) is 0. The van der Waals surface area contributed by atoms with Crippen molar-refractivity contribution < 1.29 is 14.3 Å². The standard InChI is InChI=1S/C33H44N4O3/c1-2-21-35-22-12-4-3-5-13-23-36(32(38)20-24-37-28-16-8-6-14-26(28)25-34-37)29-17-9-11-19-31(29)40-30-18-10-7-15-27(30)33(35)39/h6-8,10,14-16,18,25,29,31H,2-5,9,11-13,17,19-24H2,1H3/t29-,31+/m1/s1. The quantitative estimate of drug-likeness (QED) is 0.370. The molecule has 1 aliphatic carbocycles. The molecule has 7 nitrogen and oxygen atoms in total. The highest BCUT2D eigenvalue weighted by atomic mass is 16.5. The van der Waals surface area contributed by atoms with Gasteiger partial charge in [-0.25, -0.2) is 0 Å². The third kappa shape index (κ3) is 6.68. The van der Waals surface area contributed by atoms with Crippen molar-refractivity contribution in [2.24, 2.45) is 0 Å². The lowest BCUT2D eigenvalue weighted by molar-refractivity contribution is -0.137. The van der Waals surface area contributed by atoms with Crippen molar-refractivity contribution in [2.45, 2.75) is 96.2 Å². The van der Waals surface area contributed by atoms with Gasteiger partial charge in [0.1, 0.15) is 11.9 Å². The molecule has 2 amide bonds. The Hall–Kier alpha value is -3.35. The van der Waals surface area contributed by atoms with E-state index < -0.39 is 0 Å². The Balaban J connectivity index is 1.38. The lowest BCUT2D eigenvalue weighted by Crippen LogP contribution is -2.51. The number of rotatable bonds is 5. The van der Waals surface area contributed by atoms with Crippen LogP contribution in [0.5, 0.6) is 5.75 Å². The molecule has 0 N–H and O–H groups in total. The summed E-state index contributed by atoms with van der Waals surface area (Å²) >= 11 is 0. The minimum atomic E-state index is -0.123. The molecule has 40 heavy (non-hydrogen) atoms. The summed E-state index contributed by atoms with van der Waals surface area (Å²) in [6.45, 7) is 4.97. The number of benzene rings is 2. The second kappa shape index (κ2) is 13.8. The Bertz CT molecular complexity index is 1270. The van der Waals surface area contributed by atoms with Crippen molar-refractivity contribution in [3.8, 4) is 5.75 Å². The van der Waals surface area contributed by atoms with Crippen LogP contribution in [0.4, 0.5) is 0 Å². The van der Waals surface area contributed by atoms with E-state index in [-0.39, 0.29) is 24.0 Å². The summed E-state index contributed by atoms with van der Waals surface area (Å²) in [6.07, 6.45) is 12.4. The number of aromatic nitrogens is 2. The third-order valence-corrected chi connectivity index (χ3v) is 8.48. The van der Waals surface area contributed by atoms with E-state index in [1.807, 2.05) is 52.2 Å². The largest absolute Gasteiger partial charge is 0.487 e. The Morgan fingerprint density at radius 1 is 0.900 bits per heavy atom. The minimum absolute atomic E-state index is 0.00986. The van der Waals surface area contributed by atoms with E-state index in [9.17, 15) is 9.59 Å². The lowest BCUT2D eigenvalue weighted by Gasteiger charge is -2.40. The molecule has 1 aliphatic heterocycles. The molecule has 1 saturated carbocycles. The van der Waals surface area contributed by atoms with Crippen LogP contribution in [0, 0.1) is 0 Å². The van der Waals surface area contributed by atoms with E-state index in [1.165, 1.54) is 0 Å². The zero-order chi connectivity index (χ0) is 27.7. The highest BCUT2D eigenvalue weighted by molar-refractivity contribution is 5.97. The highest BCUT2D eigenvalue weighted by Crippen LogP contribution is 2.31. The molecule has 2 heterocycles. The van der Waals surface area contributed by atoms with Crippen molar-refractivity contribution in [3.63, 3.8) is 0 Å². The third-order valence-electron chi connectivity index (χ3n) is 8.48. The topological polar surface area (TPSA) is 67.7 Å². The van der Waals surface area contributed by atoms with Crippen molar-refractivity contribution in [1.29, 1.82) is 0 Å². The molecular weight excluding hydrogens is 500 g/mol. The van der Waals surface area contributed by atoms with Gasteiger partial charge in [-0.3, -0.25) is 14.3 Å². The molecule has 0 spiro atoms. The average Bonchev–Trinajstić information content (AvgIpc) is 3.40. The molecule has 0 radical (unpaired) electrons. The molecule has 1 aromatic heterocycles. The van der Waals surface area contributed by atoms with Gasteiger partial charge in [0, 0.05) is 31.4 Å². The van der Waals surface area contributed by atoms with Gasteiger partial charge in [0.15, 0.2) is 0 Å². The number of carbonyl (C=O) groups excluding carboxylic acids is 2. The average molecular weight is 545 g/mol. The molecule has 2 atom stereocenters. The predicted octanol–water partition coefficient (Wildman–Crippen LogP) is 6.46. The first-order chi connectivity index (χ1) is 19.7. The highest BCUT2D eigenvalue weighted by Gasteiger charge is 2.35. The van der Waals surface area contributed by atoms with Crippen molar-refractivity contribution in [3.05, 3.63) is 60.3 Å². The zero-order valence-corrected chi connectivity index (χ0v) is 24.0. The number of nitrogens with zero attached hydrogens (tertiary/aromatic N) is 4. The summed E-state index contributed by atoms with van der Waals surface area (Å²) in [7, 11) is 0. The van der Waals surface area contributed by atoms with Crippen LogP contribution in [0.2, 0.25) is 0 Å². The van der Waals surface area contributed by atoms with Crippen LogP contribution in [-0.2, 0) is 11.3 Å². The summed E-state index contributed by atoms with van der Waals surface area (Å²) in [4.78, 5) is 31.6. The summed E-state index contributed by atoms with van der Waals surface area (Å²) in [5.41, 5.74) is 1.70. The summed E-state index contributed by atoms with van der Waals surface area (Å²) in [5.74, 6) is 0.873. The van der Waals surface area contributed by atoms with E-state index in [4.69, 9.17) is 4.74 Å². The number of aryl methyl sites for hydroxylation is 1. The molecule has 214 valence electrons. The first-order valence-corrected chi connectivity index (χ1v) is 15.4. The van der Waals surface area contributed by atoms with Gasteiger partial charge in [-0.2, -0.15) is 5.10 Å². The van der Waals surface area contributed by atoms with Crippen LogP contribution in [0.3, 0.4) is 0 Å². The second-order valence-electron chi connectivity index (χ2n) is 11.3. The van der Waals surface area contributed by atoms with Gasteiger partial charge in [0.05, 0.1) is 29.9 Å². The van der Waals surface area contributed by atoms with E-state index in [2.05, 4.69) is 29.1 Å². The monoisotopic (exact) mass is 544 g/mol. The Morgan fingerprint density at radius 2 is 1.65 bits per heavy atom. The smallest absolute Gasteiger partial charge is 0.257 e. The van der Waals surface area contributed by atoms with Crippen LogP contribution < -0.4 is 4.74 Å². The van der Waals surface area contributed by atoms with Crippen molar-refractivity contribution in [1.82, 2.24) is 19.6 Å². The van der Waals surface area contributed by atoms with Gasteiger partial charge in [-0.1, -0.05) is 62.9 Å². The maximum atomic E-state index is 13.9. The van der Waals surface area contributed by atoms with Gasteiger partial charge < -0.3 is 14.5 Å². The Kier molecular flexibility index (Phi) is 9.74. The number of hydrogen-bond acceptors (Lipinski definition) is 4. The van der Waals surface area contributed by atoms with Gasteiger partial charge >= 0.3 is 0 Å². The molecule has 7 heteroatoms. The molecule has 0 saturated heterocycles. The zero-order valence-electron chi connectivity index (χ0n) is 24.0. The normalized spacial score (nSPS) is 21.2. The van der Waals surface area contributed by atoms with Gasteiger partial charge in [0.25, 0.3) is 5.91 Å². The summed E-state index contributed by atoms with van der Waals surface area (Å²) < 4.78 is 8.65. The van der Waals surface area contributed by atoms with Crippen LogP contribution in [0.15, 0.2) is 54.7 Å². The Labute approximate surface area is 238 Å². The van der Waals surface area contributed by atoms with Crippen LogP contribution in [-0.4, -0.2) is 63.2 Å². The number of ether oxygens (including phenoxy) is 1. The molecule has 1 fully saturated rings. The minimum Gasteiger partial charge on any atom is -0.487 e. The molecule has 5 rings (SSSR count). The molecule has 3 aromatic rings. The number of fused-ring (bicyclic) bond motifs is 3. The van der Waals surface area contributed by atoms with Gasteiger partial charge in [0.2, 0.25) is 5.91 Å². The lowest BCUT2D eigenvalue weighted by atomic mass is 9.90. The number of carbonyl (C=O) groups is 2. The first kappa shape index (κ1) is 28.2. The van der Waals surface area contributed by atoms with Crippen LogP contribution >= 0.6 is 0 Å². The summed E-state index contributed by atoms with van der Waals surface area (Å²) in [5, 5.41) is 5.64. The second-order valence-corrected chi connectivity index (χ2v) is 11.3. The van der Waals surface area contributed by atoms with Crippen LogP contribution in [0.1, 0.15) is 87.9 Å². The first-order valence-electron chi connectivity index (χ1n) is 15.4. The van der Waals surface area contributed by atoms with Crippen molar-refractivity contribution >= 4 is 22.7 Å². The maximum absolute atomic E-state index is 13.9. The van der Waals surface area contributed by atoms with E-state index in [0.29, 0.717) is 24.3 Å². The Morgan fingerprint density at radius 3 is 2.52 bits per heavy atom. The van der Waals surface area contributed by atoms with Gasteiger partial charge in [-0.05, 0) is 56.7 Å². The fraction of sp³-hybridized carbons (Fsp3) is 0.545. The van der Waals surface area contributed by atoms with E-state index in [0.717, 1.165) is 94.7 Å². The maximum Gasteiger partial charge on any atom is 0.257 e. The SMILES string of the molecule is CCCN1CCCCCCCN(C(=O)CCn2ncc3ccccc32)[C@@H]2CCCC[C@@H]2Oc2ccccc2C1=O. The molecule has 2 aromatic carbocycles. The fourth-order valence-corrected chi connectivity index (χ4v) is 6.38. The van der Waals surface area contributed by atoms with E-state index >= 15 is 0 Å². The van der Waals surface area contributed by atoms with Crippen molar-refractivity contribution in [2.75, 3.05) is 19.6 Å². The van der Waals surface area contributed by atoms with Gasteiger partial charge in [-0.15, -0.1) is 0 Å². The molecule has 0 bridgehead atoms. The molecular formula is C33H44N4O3. The number of amides is 2. The fourth-order valence-electron chi connectivity index (χ4n) is 6.38. The molecule has 0 unspecified atom stereocenters. The predicted molar refractivity (Wildman–Crippen MR) is 158 cm³/mol. The number of para-hydroxylation sites is 2. The van der Waals surface area contributed by atoms with E-state index in [1.54, 1.807) is 0 Å².